The van der Waals surface area contributed by atoms with Crippen LogP contribution in [-0.4, -0.2) is 47.7 Å². The van der Waals surface area contributed by atoms with Crippen molar-refractivity contribution in [1.29, 1.82) is 0 Å². The van der Waals surface area contributed by atoms with Crippen LogP contribution in [0.3, 0.4) is 0 Å². The molecule has 2 saturated heterocycles. The summed E-state index contributed by atoms with van der Waals surface area (Å²) in [5.74, 6) is -1.50. The van der Waals surface area contributed by atoms with E-state index in [1.165, 1.54) is 7.11 Å². The molecule has 15 heavy (non-hydrogen) atoms. The maximum atomic E-state index is 11.6. The molecule has 0 aromatic carbocycles. The average Bonchev–Trinajstić information content (AvgIpc) is 2.52. The predicted octanol–water partition coefficient (Wildman–Crippen LogP) is -0.469. The topological polar surface area (TPSA) is 66.8 Å². The van der Waals surface area contributed by atoms with E-state index < -0.39 is 18.0 Å². The molecule has 0 saturated carbocycles. The second kappa shape index (κ2) is 3.81. The number of nitrogens with zero attached hydrogens (tertiary/aromatic N) is 1. The molecule has 0 bridgehead atoms. The van der Waals surface area contributed by atoms with Gasteiger partial charge >= 0.3 is 5.97 Å². The van der Waals surface area contributed by atoms with E-state index >= 15 is 0 Å². The largest absolute Gasteiger partial charge is 0.469 e. The van der Waals surface area contributed by atoms with Crippen LogP contribution in [0.2, 0.25) is 0 Å². The van der Waals surface area contributed by atoms with E-state index in [1.807, 2.05) is 0 Å². The van der Waals surface area contributed by atoms with Crippen molar-refractivity contribution in [2.24, 2.45) is 5.92 Å². The molecule has 0 spiro atoms. The highest BCUT2D eigenvalue weighted by Gasteiger charge is 2.51. The van der Waals surface area contributed by atoms with Gasteiger partial charge in [-0.05, 0) is 19.3 Å². The summed E-state index contributed by atoms with van der Waals surface area (Å²) in [5.41, 5.74) is 0. The first-order chi connectivity index (χ1) is 7.16. The normalized spacial score (nSPS) is 35.2. The number of hydrogen-bond acceptors (Lipinski definition) is 4. The van der Waals surface area contributed by atoms with Gasteiger partial charge in [0.25, 0.3) is 5.91 Å². The SMILES string of the molecule is COC(=O)[C@@H]1[C@H]2CCCCN2C(=O)[C@@H]1O. The maximum absolute atomic E-state index is 11.6. The summed E-state index contributed by atoms with van der Waals surface area (Å²) in [5, 5.41) is 9.70. The second-order valence-corrected chi connectivity index (χ2v) is 4.09. The summed E-state index contributed by atoms with van der Waals surface area (Å²) in [7, 11) is 1.28. The average molecular weight is 213 g/mol. The summed E-state index contributed by atoms with van der Waals surface area (Å²) in [6.07, 6.45) is 1.51. The number of rotatable bonds is 1. The van der Waals surface area contributed by atoms with Crippen LogP contribution in [0.25, 0.3) is 0 Å². The fraction of sp³-hybridized carbons (Fsp3) is 0.800. The fourth-order valence-electron chi connectivity index (χ4n) is 2.56. The number of esters is 1. The Labute approximate surface area is 88.0 Å². The Morgan fingerprint density at radius 3 is 2.93 bits per heavy atom. The van der Waals surface area contributed by atoms with Gasteiger partial charge in [-0.25, -0.2) is 0 Å². The van der Waals surface area contributed by atoms with E-state index in [0.29, 0.717) is 6.54 Å². The van der Waals surface area contributed by atoms with Crippen molar-refractivity contribution in [3.63, 3.8) is 0 Å². The van der Waals surface area contributed by atoms with E-state index in [1.54, 1.807) is 4.90 Å². The second-order valence-electron chi connectivity index (χ2n) is 4.09. The standard InChI is InChI=1S/C10H15NO4/c1-15-10(14)7-6-4-2-3-5-11(6)9(13)8(7)12/h6-8,12H,2-5H2,1H3/t6-,7-,8-/m1/s1. The van der Waals surface area contributed by atoms with Crippen LogP contribution < -0.4 is 0 Å². The van der Waals surface area contributed by atoms with Crippen molar-refractivity contribution in [1.82, 2.24) is 4.90 Å². The van der Waals surface area contributed by atoms with Crippen LogP contribution in [-0.2, 0) is 14.3 Å². The third kappa shape index (κ3) is 1.51. The number of hydrogen-bond donors (Lipinski definition) is 1. The lowest BCUT2D eigenvalue weighted by Gasteiger charge is -2.31. The molecule has 0 aromatic heterocycles. The number of methoxy groups -OCH3 is 1. The first kappa shape index (κ1) is 10.4. The molecule has 2 rings (SSSR count). The lowest BCUT2D eigenvalue weighted by atomic mass is 9.92. The van der Waals surface area contributed by atoms with Crippen molar-refractivity contribution >= 4 is 11.9 Å². The Morgan fingerprint density at radius 2 is 2.27 bits per heavy atom. The lowest BCUT2D eigenvalue weighted by molar-refractivity contribution is -0.150. The summed E-state index contributed by atoms with van der Waals surface area (Å²) in [4.78, 5) is 24.7. The molecule has 5 heteroatoms. The zero-order chi connectivity index (χ0) is 11.0. The van der Waals surface area contributed by atoms with Gasteiger partial charge in [0.1, 0.15) is 12.0 Å². The zero-order valence-electron chi connectivity index (χ0n) is 8.68. The Bertz CT molecular complexity index is 291. The van der Waals surface area contributed by atoms with Gasteiger partial charge in [-0.3, -0.25) is 9.59 Å². The number of piperidine rings is 1. The quantitative estimate of drug-likeness (QED) is 0.598. The third-order valence-corrected chi connectivity index (χ3v) is 3.31. The molecule has 1 amide bonds. The first-order valence-electron chi connectivity index (χ1n) is 5.23. The van der Waals surface area contributed by atoms with E-state index in [2.05, 4.69) is 4.74 Å². The Balaban J connectivity index is 2.23. The molecular weight excluding hydrogens is 198 g/mol. The minimum absolute atomic E-state index is 0.159. The molecular formula is C10H15NO4. The smallest absolute Gasteiger partial charge is 0.313 e. The van der Waals surface area contributed by atoms with Crippen LogP contribution in [0, 0.1) is 5.92 Å². The summed E-state index contributed by atoms with van der Waals surface area (Å²) >= 11 is 0. The number of carbonyl (C=O) groups excluding carboxylic acids is 2. The molecule has 2 aliphatic rings. The minimum atomic E-state index is -1.21. The molecule has 2 heterocycles. The Kier molecular flexibility index (Phi) is 2.65. The van der Waals surface area contributed by atoms with Crippen molar-refractivity contribution in [2.45, 2.75) is 31.4 Å². The molecule has 0 unspecified atom stereocenters. The molecule has 5 nitrogen and oxygen atoms in total. The summed E-state index contributed by atoms with van der Waals surface area (Å²) in [6.45, 7) is 0.647. The van der Waals surface area contributed by atoms with Crippen LogP contribution in [0.5, 0.6) is 0 Å². The molecule has 84 valence electrons. The number of carbonyl (C=O) groups is 2. The number of aliphatic hydroxyl groups is 1. The highest BCUT2D eigenvalue weighted by atomic mass is 16.5. The third-order valence-electron chi connectivity index (χ3n) is 3.31. The van der Waals surface area contributed by atoms with Gasteiger partial charge in [0.2, 0.25) is 0 Å². The lowest BCUT2D eigenvalue weighted by Crippen LogP contribution is -2.41. The molecule has 3 atom stereocenters. The van der Waals surface area contributed by atoms with Crippen LogP contribution >= 0.6 is 0 Å². The number of ether oxygens (including phenoxy) is 1. The molecule has 1 N–H and O–H groups in total. The van der Waals surface area contributed by atoms with Crippen LogP contribution in [0.1, 0.15) is 19.3 Å². The zero-order valence-corrected chi connectivity index (χ0v) is 8.68. The van der Waals surface area contributed by atoms with Crippen LogP contribution in [0.15, 0.2) is 0 Å². The van der Waals surface area contributed by atoms with E-state index in [-0.39, 0.29) is 11.9 Å². The van der Waals surface area contributed by atoms with Crippen molar-refractivity contribution in [3.05, 3.63) is 0 Å². The molecule has 0 aliphatic carbocycles. The Morgan fingerprint density at radius 1 is 1.53 bits per heavy atom. The molecule has 0 radical (unpaired) electrons. The fourth-order valence-corrected chi connectivity index (χ4v) is 2.56. The van der Waals surface area contributed by atoms with E-state index in [4.69, 9.17) is 0 Å². The van der Waals surface area contributed by atoms with Gasteiger partial charge in [-0.1, -0.05) is 0 Å². The highest BCUT2D eigenvalue weighted by molar-refractivity contribution is 5.91. The molecule has 2 aliphatic heterocycles. The monoisotopic (exact) mass is 213 g/mol. The number of amides is 1. The van der Waals surface area contributed by atoms with Gasteiger partial charge in [0.05, 0.1) is 7.11 Å². The first-order valence-corrected chi connectivity index (χ1v) is 5.23. The minimum Gasteiger partial charge on any atom is -0.469 e. The number of fused-ring (bicyclic) bond motifs is 1. The van der Waals surface area contributed by atoms with E-state index in [0.717, 1.165) is 19.3 Å². The summed E-state index contributed by atoms with van der Waals surface area (Å²) < 4.78 is 4.62. The van der Waals surface area contributed by atoms with Crippen LogP contribution in [0.4, 0.5) is 0 Å². The molecule has 0 aromatic rings. The van der Waals surface area contributed by atoms with Gasteiger partial charge in [0.15, 0.2) is 0 Å². The number of aliphatic hydroxyl groups excluding tert-OH is 1. The van der Waals surface area contributed by atoms with Gasteiger partial charge < -0.3 is 14.7 Å². The van der Waals surface area contributed by atoms with Crippen molar-refractivity contribution in [2.75, 3.05) is 13.7 Å². The maximum Gasteiger partial charge on any atom is 0.313 e. The summed E-state index contributed by atoms with van der Waals surface area (Å²) in [6, 6.07) is -0.159. The van der Waals surface area contributed by atoms with Gasteiger partial charge in [-0.2, -0.15) is 0 Å². The van der Waals surface area contributed by atoms with Crippen molar-refractivity contribution < 1.29 is 19.4 Å². The van der Waals surface area contributed by atoms with Gasteiger partial charge in [0, 0.05) is 12.6 Å². The van der Waals surface area contributed by atoms with Gasteiger partial charge in [-0.15, -0.1) is 0 Å². The van der Waals surface area contributed by atoms with Crippen molar-refractivity contribution in [3.8, 4) is 0 Å². The predicted molar refractivity (Wildman–Crippen MR) is 50.9 cm³/mol. The highest BCUT2D eigenvalue weighted by Crippen LogP contribution is 2.33. The molecule has 2 fully saturated rings. The Hall–Kier alpha value is -1.10. The van der Waals surface area contributed by atoms with E-state index in [9.17, 15) is 14.7 Å².